The molecule has 1 aliphatic heterocycles. The maximum absolute atomic E-state index is 10.4. The van der Waals surface area contributed by atoms with Crippen LogP contribution in [0.15, 0.2) is 12.2 Å². The molecule has 0 aromatic heterocycles. The SMILES string of the molecule is CC[C@@H]1C=CC(=O)OC1. The monoisotopic (exact) mass is 126 g/mol. The average Bonchev–Trinajstić information content (AvgIpc) is 1.90. The van der Waals surface area contributed by atoms with Crippen LogP contribution in [0.1, 0.15) is 13.3 Å². The first kappa shape index (κ1) is 6.33. The van der Waals surface area contributed by atoms with Gasteiger partial charge < -0.3 is 4.74 Å². The molecule has 1 heterocycles. The van der Waals surface area contributed by atoms with Gasteiger partial charge in [-0.1, -0.05) is 13.0 Å². The molecule has 0 N–H and O–H groups in total. The summed E-state index contributed by atoms with van der Waals surface area (Å²) >= 11 is 0. The Morgan fingerprint density at radius 2 is 2.67 bits per heavy atom. The second-order valence-corrected chi connectivity index (χ2v) is 2.16. The highest BCUT2D eigenvalue weighted by Gasteiger charge is 2.10. The van der Waals surface area contributed by atoms with Gasteiger partial charge in [0.25, 0.3) is 0 Å². The van der Waals surface area contributed by atoms with Gasteiger partial charge in [-0.05, 0) is 6.42 Å². The van der Waals surface area contributed by atoms with Gasteiger partial charge in [0.1, 0.15) is 0 Å². The van der Waals surface area contributed by atoms with Gasteiger partial charge in [-0.25, -0.2) is 4.79 Å². The Morgan fingerprint density at radius 3 is 3.11 bits per heavy atom. The lowest BCUT2D eigenvalue weighted by atomic mass is 10.1. The fourth-order valence-electron chi connectivity index (χ4n) is 0.761. The molecule has 1 rings (SSSR count). The predicted molar refractivity (Wildman–Crippen MR) is 33.9 cm³/mol. The summed E-state index contributed by atoms with van der Waals surface area (Å²) < 4.78 is 4.76. The Hall–Kier alpha value is -0.790. The molecule has 0 saturated carbocycles. The van der Waals surface area contributed by atoms with E-state index in [-0.39, 0.29) is 5.97 Å². The van der Waals surface area contributed by atoms with Gasteiger partial charge in [-0.2, -0.15) is 0 Å². The summed E-state index contributed by atoms with van der Waals surface area (Å²) in [7, 11) is 0. The molecule has 0 bridgehead atoms. The first-order valence-corrected chi connectivity index (χ1v) is 3.18. The Kier molecular flexibility index (Phi) is 1.88. The Balaban J connectivity index is 2.48. The van der Waals surface area contributed by atoms with Crippen molar-refractivity contribution in [3.63, 3.8) is 0 Å². The molecule has 2 nitrogen and oxygen atoms in total. The van der Waals surface area contributed by atoms with Crippen LogP contribution in [0.5, 0.6) is 0 Å². The van der Waals surface area contributed by atoms with Crippen LogP contribution >= 0.6 is 0 Å². The van der Waals surface area contributed by atoms with Gasteiger partial charge in [-0.3, -0.25) is 0 Å². The highest BCUT2D eigenvalue weighted by atomic mass is 16.5. The fraction of sp³-hybridized carbons (Fsp3) is 0.571. The van der Waals surface area contributed by atoms with E-state index in [0.717, 1.165) is 6.42 Å². The first-order valence-electron chi connectivity index (χ1n) is 3.18. The van der Waals surface area contributed by atoms with Crippen molar-refractivity contribution in [2.45, 2.75) is 13.3 Å². The molecule has 1 aliphatic rings. The topological polar surface area (TPSA) is 26.3 Å². The number of carbonyl (C=O) groups is 1. The zero-order valence-electron chi connectivity index (χ0n) is 5.46. The van der Waals surface area contributed by atoms with Crippen molar-refractivity contribution < 1.29 is 9.53 Å². The number of carbonyl (C=O) groups excluding carboxylic acids is 1. The maximum atomic E-state index is 10.4. The van der Waals surface area contributed by atoms with Crippen molar-refractivity contribution >= 4 is 5.97 Å². The molecule has 0 fully saturated rings. The number of rotatable bonds is 1. The van der Waals surface area contributed by atoms with Gasteiger partial charge in [0.05, 0.1) is 6.61 Å². The third-order valence-corrected chi connectivity index (χ3v) is 1.47. The van der Waals surface area contributed by atoms with Gasteiger partial charge >= 0.3 is 5.97 Å². The van der Waals surface area contributed by atoms with Gasteiger partial charge in [0.2, 0.25) is 0 Å². The predicted octanol–water partition coefficient (Wildman–Crippen LogP) is 1.13. The first-order chi connectivity index (χ1) is 4.33. The van der Waals surface area contributed by atoms with Crippen molar-refractivity contribution in [3.05, 3.63) is 12.2 Å². The number of hydrogen-bond acceptors (Lipinski definition) is 2. The number of cyclic esters (lactones) is 1. The normalized spacial score (nSPS) is 25.9. The van der Waals surface area contributed by atoms with Crippen LogP contribution in [-0.2, 0) is 9.53 Å². The Morgan fingerprint density at radius 1 is 1.89 bits per heavy atom. The Bertz CT molecular complexity index is 138. The molecule has 1 atom stereocenters. The highest BCUT2D eigenvalue weighted by molar-refractivity contribution is 5.82. The van der Waals surface area contributed by atoms with Crippen LogP contribution in [0.25, 0.3) is 0 Å². The third kappa shape index (κ3) is 1.56. The summed E-state index contributed by atoms with van der Waals surface area (Å²) in [5.74, 6) is 0.238. The molecule has 0 radical (unpaired) electrons. The third-order valence-electron chi connectivity index (χ3n) is 1.47. The quantitative estimate of drug-likeness (QED) is 0.492. The van der Waals surface area contributed by atoms with Crippen molar-refractivity contribution in [1.29, 1.82) is 0 Å². The van der Waals surface area contributed by atoms with Crippen molar-refractivity contribution in [3.8, 4) is 0 Å². The lowest BCUT2D eigenvalue weighted by Crippen LogP contribution is -2.15. The van der Waals surface area contributed by atoms with Crippen LogP contribution in [-0.4, -0.2) is 12.6 Å². The summed E-state index contributed by atoms with van der Waals surface area (Å²) in [6.07, 6.45) is 4.45. The van der Waals surface area contributed by atoms with E-state index in [1.807, 2.05) is 6.08 Å². The standard InChI is InChI=1S/C7H10O2/c1-2-6-3-4-7(8)9-5-6/h3-4,6H,2,5H2,1H3/t6-/m1/s1. The lowest BCUT2D eigenvalue weighted by molar-refractivity contribution is -0.139. The minimum atomic E-state index is -0.209. The number of hydrogen-bond donors (Lipinski definition) is 0. The summed E-state index contributed by atoms with van der Waals surface area (Å²) in [6, 6.07) is 0. The molecular weight excluding hydrogens is 116 g/mol. The molecule has 50 valence electrons. The second-order valence-electron chi connectivity index (χ2n) is 2.16. The van der Waals surface area contributed by atoms with E-state index in [4.69, 9.17) is 4.74 Å². The molecule has 0 aliphatic carbocycles. The van der Waals surface area contributed by atoms with E-state index < -0.39 is 0 Å². The van der Waals surface area contributed by atoms with Crippen LogP contribution in [0, 0.1) is 5.92 Å². The largest absolute Gasteiger partial charge is 0.462 e. The van der Waals surface area contributed by atoms with Crippen molar-refractivity contribution in [1.82, 2.24) is 0 Å². The highest BCUT2D eigenvalue weighted by Crippen LogP contribution is 2.09. The van der Waals surface area contributed by atoms with Gasteiger partial charge in [-0.15, -0.1) is 0 Å². The lowest BCUT2D eigenvalue weighted by Gasteiger charge is -2.13. The molecule has 0 unspecified atom stereocenters. The van der Waals surface area contributed by atoms with E-state index in [0.29, 0.717) is 12.5 Å². The smallest absolute Gasteiger partial charge is 0.330 e. The van der Waals surface area contributed by atoms with Crippen LogP contribution < -0.4 is 0 Å². The minimum Gasteiger partial charge on any atom is -0.462 e. The van der Waals surface area contributed by atoms with E-state index in [9.17, 15) is 4.79 Å². The molecule has 0 aromatic carbocycles. The zero-order valence-corrected chi connectivity index (χ0v) is 5.46. The molecular formula is C7H10O2. The van der Waals surface area contributed by atoms with Crippen molar-refractivity contribution in [2.24, 2.45) is 5.92 Å². The maximum Gasteiger partial charge on any atom is 0.330 e. The van der Waals surface area contributed by atoms with Crippen LogP contribution in [0.2, 0.25) is 0 Å². The van der Waals surface area contributed by atoms with Gasteiger partial charge in [0.15, 0.2) is 0 Å². The van der Waals surface area contributed by atoms with Gasteiger partial charge in [0, 0.05) is 12.0 Å². The molecule has 2 heteroatoms. The number of esters is 1. The molecule has 0 saturated heterocycles. The number of ether oxygens (including phenoxy) is 1. The summed E-state index contributed by atoms with van der Waals surface area (Å²) in [4.78, 5) is 10.4. The molecule has 0 amide bonds. The van der Waals surface area contributed by atoms with E-state index in [2.05, 4.69) is 6.92 Å². The van der Waals surface area contributed by atoms with E-state index in [1.165, 1.54) is 6.08 Å². The van der Waals surface area contributed by atoms with E-state index in [1.54, 1.807) is 0 Å². The van der Waals surface area contributed by atoms with E-state index >= 15 is 0 Å². The minimum absolute atomic E-state index is 0.209. The Labute approximate surface area is 54.5 Å². The summed E-state index contributed by atoms with van der Waals surface area (Å²) in [5, 5.41) is 0. The molecule has 9 heavy (non-hydrogen) atoms. The fourth-order valence-corrected chi connectivity index (χ4v) is 0.761. The molecule has 0 aromatic rings. The summed E-state index contributed by atoms with van der Waals surface area (Å²) in [5.41, 5.74) is 0. The van der Waals surface area contributed by atoms with Crippen molar-refractivity contribution in [2.75, 3.05) is 6.61 Å². The van der Waals surface area contributed by atoms with Crippen LogP contribution in [0.4, 0.5) is 0 Å². The summed E-state index contributed by atoms with van der Waals surface area (Å²) in [6.45, 7) is 2.64. The van der Waals surface area contributed by atoms with Crippen LogP contribution in [0.3, 0.4) is 0 Å². The second kappa shape index (κ2) is 2.67. The zero-order chi connectivity index (χ0) is 6.69. The molecule has 0 spiro atoms. The average molecular weight is 126 g/mol.